The molecule has 2 aromatic rings. The van der Waals surface area contributed by atoms with Gasteiger partial charge in [0.15, 0.2) is 18.5 Å². The predicted molar refractivity (Wildman–Crippen MR) is 97.3 cm³/mol. The van der Waals surface area contributed by atoms with Crippen molar-refractivity contribution in [3.05, 3.63) is 59.7 Å². The number of carbonyl (C=O) groups is 3. The quantitative estimate of drug-likeness (QED) is 0.597. The number of rotatable bonds is 7. The minimum Gasteiger partial charge on any atom is -0.482 e. The van der Waals surface area contributed by atoms with E-state index in [1.807, 2.05) is 6.07 Å². The van der Waals surface area contributed by atoms with Crippen LogP contribution in [-0.2, 0) is 14.3 Å². The van der Waals surface area contributed by atoms with Gasteiger partial charge in [-0.1, -0.05) is 12.1 Å². The third-order valence-corrected chi connectivity index (χ3v) is 3.56. The van der Waals surface area contributed by atoms with Crippen molar-refractivity contribution >= 4 is 23.3 Å². The van der Waals surface area contributed by atoms with E-state index in [0.29, 0.717) is 22.6 Å². The molecule has 0 spiro atoms. The lowest BCUT2D eigenvalue weighted by molar-refractivity contribution is -0.155. The van der Waals surface area contributed by atoms with Gasteiger partial charge in [-0.3, -0.25) is 9.59 Å². The van der Waals surface area contributed by atoms with E-state index < -0.39 is 24.6 Å². The molecule has 27 heavy (non-hydrogen) atoms. The highest BCUT2D eigenvalue weighted by atomic mass is 16.6. The van der Waals surface area contributed by atoms with Crippen LogP contribution in [0.5, 0.6) is 5.75 Å². The van der Waals surface area contributed by atoms with Gasteiger partial charge in [0.1, 0.15) is 5.75 Å². The van der Waals surface area contributed by atoms with Crippen LogP contribution in [0.1, 0.15) is 29.8 Å². The van der Waals surface area contributed by atoms with Crippen molar-refractivity contribution in [2.75, 3.05) is 11.9 Å². The highest BCUT2D eigenvalue weighted by Gasteiger charge is 2.18. The molecule has 0 radical (unpaired) electrons. The molecule has 0 aliphatic rings. The number of nitrogens with one attached hydrogen (secondary N) is 1. The largest absolute Gasteiger partial charge is 0.482 e. The van der Waals surface area contributed by atoms with E-state index in [1.54, 1.807) is 42.5 Å². The molecule has 2 aromatic carbocycles. The topological polar surface area (TPSA) is 105 Å². The Morgan fingerprint density at radius 1 is 1.15 bits per heavy atom. The standard InChI is InChI=1S/C20H18N2O5/c1-13(23)16-4-3-5-18(10-16)26-12-19(24)27-14(2)20(25)22-17-8-6-15(11-21)7-9-17/h3-10,14H,12H2,1-2H3,(H,22,25)/t14-/m0/s1. The molecule has 0 saturated heterocycles. The van der Waals surface area contributed by atoms with E-state index in [-0.39, 0.29) is 5.78 Å². The van der Waals surface area contributed by atoms with Crippen LogP contribution in [0.25, 0.3) is 0 Å². The van der Waals surface area contributed by atoms with Crippen molar-refractivity contribution in [3.63, 3.8) is 0 Å². The summed E-state index contributed by atoms with van der Waals surface area (Å²) in [6.45, 7) is 2.48. The summed E-state index contributed by atoms with van der Waals surface area (Å²) in [4.78, 5) is 35.3. The van der Waals surface area contributed by atoms with Crippen LogP contribution in [-0.4, -0.2) is 30.4 Å². The lowest BCUT2D eigenvalue weighted by atomic mass is 10.1. The first-order valence-electron chi connectivity index (χ1n) is 8.13. The summed E-state index contributed by atoms with van der Waals surface area (Å²) in [5.41, 5.74) is 1.42. The van der Waals surface area contributed by atoms with E-state index in [1.165, 1.54) is 19.9 Å². The molecule has 0 saturated carbocycles. The molecule has 2 rings (SSSR count). The number of amides is 1. The zero-order chi connectivity index (χ0) is 19.8. The fourth-order valence-corrected chi connectivity index (χ4v) is 2.10. The maximum atomic E-state index is 12.1. The summed E-state index contributed by atoms with van der Waals surface area (Å²) >= 11 is 0. The van der Waals surface area contributed by atoms with Crippen LogP contribution in [0.3, 0.4) is 0 Å². The smallest absolute Gasteiger partial charge is 0.344 e. The highest BCUT2D eigenvalue weighted by molar-refractivity contribution is 5.95. The number of ketones is 1. The zero-order valence-electron chi connectivity index (χ0n) is 14.9. The Bertz CT molecular complexity index is 884. The number of ether oxygens (including phenoxy) is 2. The lowest BCUT2D eigenvalue weighted by Crippen LogP contribution is -2.31. The maximum Gasteiger partial charge on any atom is 0.344 e. The van der Waals surface area contributed by atoms with Crippen molar-refractivity contribution < 1.29 is 23.9 Å². The van der Waals surface area contributed by atoms with Crippen LogP contribution in [0.15, 0.2) is 48.5 Å². The van der Waals surface area contributed by atoms with Crippen LogP contribution in [0, 0.1) is 11.3 Å². The Balaban J connectivity index is 1.83. The number of anilines is 1. The highest BCUT2D eigenvalue weighted by Crippen LogP contribution is 2.14. The molecular weight excluding hydrogens is 348 g/mol. The Labute approximate surface area is 156 Å². The number of Topliss-reactive ketones (excluding diaryl/α,β-unsaturated/α-hetero) is 1. The lowest BCUT2D eigenvalue weighted by Gasteiger charge is -2.14. The number of esters is 1. The molecule has 0 aliphatic carbocycles. The molecule has 0 bridgehead atoms. The number of nitrogens with zero attached hydrogens (tertiary/aromatic N) is 1. The van der Waals surface area contributed by atoms with E-state index in [2.05, 4.69) is 5.32 Å². The third-order valence-electron chi connectivity index (χ3n) is 3.56. The average Bonchev–Trinajstić information content (AvgIpc) is 2.67. The van der Waals surface area contributed by atoms with Gasteiger partial charge in [0.2, 0.25) is 0 Å². The fraction of sp³-hybridized carbons (Fsp3) is 0.200. The van der Waals surface area contributed by atoms with Crippen molar-refractivity contribution in [2.24, 2.45) is 0 Å². The third kappa shape index (κ3) is 5.97. The van der Waals surface area contributed by atoms with Crippen molar-refractivity contribution in [2.45, 2.75) is 20.0 Å². The van der Waals surface area contributed by atoms with Gasteiger partial charge in [0, 0.05) is 11.3 Å². The first kappa shape index (κ1) is 19.7. The number of hydrogen-bond acceptors (Lipinski definition) is 6. The van der Waals surface area contributed by atoms with Gasteiger partial charge >= 0.3 is 5.97 Å². The summed E-state index contributed by atoms with van der Waals surface area (Å²) in [6.07, 6.45) is -1.03. The van der Waals surface area contributed by atoms with Gasteiger partial charge in [-0.15, -0.1) is 0 Å². The summed E-state index contributed by atoms with van der Waals surface area (Å²) in [7, 11) is 0. The molecule has 0 aliphatic heterocycles. The fourth-order valence-electron chi connectivity index (χ4n) is 2.10. The minimum absolute atomic E-state index is 0.115. The summed E-state index contributed by atoms with van der Waals surface area (Å²) in [5.74, 6) is -0.984. The van der Waals surface area contributed by atoms with Crippen LogP contribution >= 0.6 is 0 Å². The van der Waals surface area contributed by atoms with E-state index >= 15 is 0 Å². The van der Waals surface area contributed by atoms with Crippen LogP contribution < -0.4 is 10.1 Å². The van der Waals surface area contributed by atoms with Gasteiger partial charge < -0.3 is 14.8 Å². The molecular formula is C20H18N2O5. The molecule has 7 nitrogen and oxygen atoms in total. The SMILES string of the molecule is CC(=O)c1cccc(OCC(=O)O[C@@H](C)C(=O)Nc2ccc(C#N)cc2)c1. The zero-order valence-corrected chi connectivity index (χ0v) is 14.9. The Morgan fingerprint density at radius 2 is 1.85 bits per heavy atom. The second-order valence-electron chi connectivity index (χ2n) is 5.68. The number of nitriles is 1. The first-order chi connectivity index (χ1) is 12.9. The van der Waals surface area contributed by atoms with Crippen molar-refractivity contribution in [3.8, 4) is 11.8 Å². The Hall–Kier alpha value is -3.66. The molecule has 7 heteroatoms. The second-order valence-corrected chi connectivity index (χ2v) is 5.68. The van der Waals surface area contributed by atoms with Crippen molar-refractivity contribution in [1.82, 2.24) is 0 Å². The number of carbonyl (C=O) groups excluding carboxylic acids is 3. The summed E-state index contributed by atoms with van der Waals surface area (Å²) in [6, 6.07) is 14.7. The van der Waals surface area contributed by atoms with Crippen LogP contribution in [0.4, 0.5) is 5.69 Å². The Kier molecular flexibility index (Phi) is 6.67. The van der Waals surface area contributed by atoms with Gasteiger partial charge in [0.05, 0.1) is 11.6 Å². The normalized spacial score (nSPS) is 11.0. The number of hydrogen-bond donors (Lipinski definition) is 1. The molecule has 0 unspecified atom stereocenters. The van der Waals surface area contributed by atoms with Gasteiger partial charge in [0.25, 0.3) is 5.91 Å². The minimum atomic E-state index is -1.03. The van der Waals surface area contributed by atoms with Gasteiger partial charge in [-0.25, -0.2) is 4.79 Å². The van der Waals surface area contributed by atoms with Crippen molar-refractivity contribution in [1.29, 1.82) is 5.26 Å². The van der Waals surface area contributed by atoms with Crippen LogP contribution in [0.2, 0.25) is 0 Å². The summed E-state index contributed by atoms with van der Waals surface area (Å²) < 4.78 is 10.3. The molecule has 0 fully saturated rings. The molecule has 0 heterocycles. The maximum absolute atomic E-state index is 12.1. The molecule has 1 N–H and O–H groups in total. The predicted octanol–water partition coefficient (Wildman–Crippen LogP) is 2.71. The van der Waals surface area contributed by atoms with E-state index in [9.17, 15) is 14.4 Å². The summed E-state index contributed by atoms with van der Waals surface area (Å²) in [5, 5.41) is 11.3. The second kappa shape index (κ2) is 9.15. The molecule has 138 valence electrons. The molecule has 1 amide bonds. The van der Waals surface area contributed by atoms with Gasteiger partial charge in [-0.05, 0) is 50.2 Å². The van der Waals surface area contributed by atoms with Gasteiger partial charge in [-0.2, -0.15) is 5.26 Å². The van der Waals surface area contributed by atoms with E-state index in [4.69, 9.17) is 14.7 Å². The Morgan fingerprint density at radius 3 is 2.48 bits per heavy atom. The first-order valence-corrected chi connectivity index (χ1v) is 8.13. The molecule has 1 atom stereocenters. The molecule has 0 aromatic heterocycles. The average molecular weight is 366 g/mol. The number of benzene rings is 2. The van der Waals surface area contributed by atoms with E-state index in [0.717, 1.165) is 0 Å². The monoisotopic (exact) mass is 366 g/mol.